The standard InChI is InChI=1S/C11H20N2OS2/c1-16-11(5-3-2-4-6-11)8-13-10(14)7-9(12)15/h2-8H2,1H3,(H2,12,15)(H,13,14). The molecule has 1 saturated carbocycles. The molecule has 3 N–H and O–H groups in total. The van der Waals surface area contributed by atoms with Gasteiger partial charge in [0, 0.05) is 11.3 Å². The van der Waals surface area contributed by atoms with Crippen LogP contribution in [0.4, 0.5) is 0 Å². The third-order valence-electron chi connectivity index (χ3n) is 3.14. The molecule has 1 amide bonds. The van der Waals surface area contributed by atoms with Crippen molar-refractivity contribution in [3.8, 4) is 0 Å². The van der Waals surface area contributed by atoms with Gasteiger partial charge in [-0.1, -0.05) is 31.5 Å². The van der Waals surface area contributed by atoms with Crippen LogP contribution in [-0.2, 0) is 4.79 Å². The first-order valence-corrected chi connectivity index (χ1v) is 7.31. The Labute approximate surface area is 107 Å². The maximum Gasteiger partial charge on any atom is 0.226 e. The predicted molar refractivity (Wildman–Crippen MR) is 73.7 cm³/mol. The summed E-state index contributed by atoms with van der Waals surface area (Å²) in [5, 5.41) is 2.95. The summed E-state index contributed by atoms with van der Waals surface area (Å²) in [7, 11) is 0. The molecule has 0 aromatic rings. The van der Waals surface area contributed by atoms with E-state index in [1.807, 2.05) is 11.8 Å². The first-order chi connectivity index (χ1) is 7.58. The van der Waals surface area contributed by atoms with Crippen molar-refractivity contribution < 1.29 is 4.79 Å². The minimum absolute atomic E-state index is 0.0495. The van der Waals surface area contributed by atoms with E-state index in [-0.39, 0.29) is 22.1 Å². The minimum Gasteiger partial charge on any atom is -0.393 e. The summed E-state index contributed by atoms with van der Waals surface area (Å²) in [4.78, 5) is 11.7. The molecule has 92 valence electrons. The maximum absolute atomic E-state index is 11.5. The highest BCUT2D eigenvalue weighted by Gasteiger charge is 2.31. The van der Waals surface area contributed by atoms with E-state index in [0.29, 0.717) is 0 Å². The van der Waals surface area contributed by atoms with E-state index in [1.54, 1.807) is 0 Å². The Morgan fingerprint density at radius 3 is 2.56 bits per heavy atom. The van der Waals surface area contributed by atoms with Crippen LogP contribution in [0.1, 0.15) is 38.5 Å². The number of thioether (sulfide) groups is 1. The third kappa shape index (κ3) is 4.29. The fraction of sp³-hybridized carbons (Fsp3) is 0.818. The number of nitrogens with two attached hydrogens (primary N) is 1. The zero-order valence-corrected chi connectivity index (χ0v) is 11.4. The highest BCUT2D eigenvalue weighted by Crippen LogP contribution is 2.37. The molecule has 1 fully saturated rings. The molecule has 0 radical (unpaired) electrons. The van der Waals surface area contributed by atoms with E-state index in [0.717, 1.165) is 6.54 Å². The van der Waals surface area contributed by atoms with Crippen molar-refractivity contribution in [2.75, 3.05) is 12.8 Å². The molecule has 0 aromatic heterocycles. The molecule has 0 spiro atoms. The first-order valence-electron chi connectivity index (χ1n) is 5.68. The summed E-state index contributed by atoms with van der Waals surface area (Å²) in [6.07, 6.45) is 8.55. The number of rotatable bonds is 5. The van der Waals surface area contributed by atoms with Gasteiger partial charge in [0.05, 0.1) is 11.4 Å². The van der Waals surface area contributed by atoms with Crippen LogP contribution in [0.5, 0.6) is 0 Å². The highest BCUT2D eigenvalue weighted by molar-refractivity contribution is 8.00. The smallest absolute Gasteiger partial charge is 0.226 e. The summed E-state index contributed by atoms with van der Waals surface area (Å²) < 4.78 is 0.240. The van der Waals surface area contributed by atoms with Gasteiger partial charge in [0.15, 0.2) is 0 Å². The summed E-state index contributed by atoms with van der Waals surface area (Å²) in [5.74, 6) is -0.0495. The zero-order valence-electron chi connectivity index (χ0n) is 9.75. The lowest BCUT2D eigenvalue weighted by atomic mass is 9.88. The van der Waals surface area contributed by atoms with Crippen LogP contribution in [-0.4, -0.2) is 28.4 Å². The average Bonchev–Trinajstić information content (AvgIpc) is 2.27. The van der Waals surface area contributed by atoms with E-state index in [9.17, 15) is 4.79 Å². The van der Waals surface area contributed by atoms with Gasteiger partial charge in [-0.15, -0.1) is 0 Å². The largest absolute Gasteiger partial charge is 0.393 e. The van der Waals surface area contributed by atoms with E-state index in [2.05, 4.69) is 11.6 Å². The summed E-state index contributed by atoms with van der Waals surface area (Å²) >= 11 is 6.59. The molecular formula is C11H20N2OS2. The Balaban J connectivity index is 2.38. The molecule has 0 unspecified atom stereocenters. The van der Waals surface area contributed by atoms with Crippen molar-refractivity contribution in [3.63, 3.8) is 0 Å². The van der Waals surface area contributed by atoms with Gasteiger partial charge in [-0.2, -0.15) is 11.8 Å². The van der Waals surface area contributed by atoms with Crippen molar-refractivity contribution in [1.82, 2.24) is 5.32 Å². The topological polar surface area (TPSA) is 55.1 Å². The van der Waals surface area contributed by atoms with Gasteiger partial charge in [-0.05, 0) is 19.1 Å². The molecule has 0 atom stereocenters. The molecule has 16 heavy (non-hydrogen) atoms. The fourth-order valence-corrected chi connectivity index (χ4v) is 3.17. The van der Waals surface area contributed by atoms with Crippen molar-refractivity contribution in [2.45, 2.75) is 43.3 Å². The van der Waals surface area contributed by atoms with Crippen molar-refractivity contribution in [2.24, 2.45) is 5.73 Å². The molecule has 0 bridgehead atoms. The molecule has 1 aliphatic carbocycles. The molecule has 1 aliphatic rings. The van der Waals surface area contributed by atoms with Gasteiger partial charge in [-0.25, -0.2) is 0 Å². The van der Waals surface area contributed by atoms with Crippen LogP contribution in [0, 0.1) is 0 Å². The second-order valence-corrected chi connectivity index (χ2v) is 6.17. The lowest BCUT2D eigenvalue weighted by molar-refractivity contribution is -0.120. The van der Waals surface area contributed by atoms with Gasteiger partial charge in [0.1, 0.15) is 0 Å². The van der Waals surface area contributed by atoms with Gasteiger partial charge in [-0.3, -0.25) is 4.79 Å². The van der Waals surface area contributed by atoms with E-state index >= 15 is 0 Å². The highest BCUT2D eigenvalue weighted by atomic mass is 32.2. The quantitative estimate of drug-likeness (QED) is 0.741. The van der Waals surface area contributed by atoms with Crippen LogP contribution in [0.15, 0.2) is 0 Å². The van der Waals surface area contributed by atoms with Crippen LogP contribution in [0.2, 0.25) is 0 Å². The van der Waals surface area contributed by atoms with Crippen LogP contribution < -0.4 is 11.1 Å². The Bertz CT molecular complexity index is 263. The summed E-state index contributed by atoms with van der Waals surface area (Å²) in [6, 6.07) is 0. The molecule has 0 aromatic carbocycles. The Morgan fingerprint density at radius 2 is 2.06 bits per heavy atom. The van der Waals surface area contributed by atoms with Crippen molar-refractivity contribution in [3.05, 3.63) is 0 Å². The second-order valence-electron chi connectivity index (χ2n) is 4.37. The van der Waals surface area contributed by atoms with Crippen LogP contribution in [0.25, 0.3) is 0 Å². The minimum atomic E-state index is -0.0495. The number of carbonyl (C=O) groups excluding carboxylic acids is 1. The van der Waals surface area contributed by atoms with E-state index < -0.39 is 0 Å². The van der Waals surface area contributed by atoms with Crippen molar-refractivity contribution >= 4 is 34.9 Å². The van der Waals surface area contributed by atoms with Gasteiger partial charge >= 0.3 is 0 Å². The number of thiocarbonyl (C=S) groups is 1. The zero-order chi connectivity index (χ0) is 12.0. The maximum atomic E-state index is 11.5. The molecule has 1 rings (SSSR count). The number of amides is 1. The predicted octanol–water partition coefficient (Wildman–Crippen LogP) is 1.84. The Hall–Kier alpha value is -0.290. The molecule has 0 saturated heterocycles. The first kappa shape index (κ1) is 13.8. The van der Waals surface area contributed by atoms with Gasteiger partial charge in [0.2, 0.25) is 5.91 Å². The number of hydrogen-bond acceptors (Lipinski definition) is 3. The number of hydrogen-bond donors (Lipinski definition) is 2. The lowest BCUT2D eigenvalue weighted by Gasteiger charge is -2.35. The SMILES string of the molecule is CSC1(CNC(=O)CC(N)=S)CCCCC1. The number of carbonyl (C=O) groups is 1. The molecule has 0 heterocycles. The Kier molecular flexibility index (Phi) is 5.55. The van der Waals surface area contributed by atoms with Crippen LogP contribution in [0.3, 0.4) is 0 Å². The fourth-order valence-electron chi connectivity index (χ4n) is 2.13. The Morgan fingerprint density at radius 1 is 1.44 bits per heavy atom. The van der Waals surface area contributed by atoms with Gasteiger partial charge in [0.25, 0.3) is 0 Å². The molecule has 3 nitrogen and oxygen atoms in total. The molecule has 0 aliphatic heterocycles. The average molecular weight is 260 g/mol. The molecule has 5 heteroatoms. The second kappa shape index (κ2) is 6.45. The van der Waals surface area contributed by atoms with Gasteiger partial charge < -0.3 is 11.1 Å². The lowest BCUT2D eigenvalue weighted by Crippen LogP contribution is -2.42. The molecular weight excluding hydrogens is 240 g/mol. The number of nitrogens with one attached hydrogen (secondary N) is 1. The summed E-state index contributed by atoms with van der Waals surface area (Å²) in [6.45, 7) is 0.746. The normalized spacial score (nSPS) is 19.1. The summed E-state index contributed by atoms with van der Waals surface area (Å²) in [5.41, 5.74) is 5.33. The van der Waals surface area contributed by atoms with E-state index in [1.165, 1.54) is 32.1 Å². The van der Waals surface area contributed by atoms with Crippen molar-refractivity contribution in [1.29, 1.82) is 0 Å². The third-order valence-corrected chi connectivity index (χ3v) is 4.70. The monoisotopic (exact) mass is 260 g/mol. The van der Waals surface area contributed by atoms with E-state index in [4.69, 9.17) is 18.0 Å². The van der Waals surface area contributed by atoms with Crippen LogP contribution >= 0.6 is 24.0 Å².